The second kappa shape index (κ2) is 15.1. The maximum Gasteiger partial charge on any atom is 0.456 e. The molecule has 0 N–H and O–H groups in total. The minimum absolute atomic E-state index is 0.138. The summed E-state index contributed by atoms with van der Waals surface area (Å²) in [5.74, 6) is -6.62. The number of carbonyl (C=O) groups is 1. The van der Waals surface area contributed by atoms with Gasteiger partial charge in [-0.2, -0.15) is 22.0 Å². The predicted octanol–water partition coefficient (Wildman–Crippen LogP) is 10.0. The summed E-state index contributed by atoms with van der Waals surface area (Å²) in [6, 6.07) is 9.80. The van der Waals surface area contributed by atoms with Gasteiger partial charge >= 0.3 is 18.1 Å². The second-order valence-electron chi connectivity index (χ2n) is 11.2. The minimum Gasteiger partial charge on any atom is -0.459 e. The smallest absolute Gasteiger partial charge is 0.456 e. The van der Waals surface area contributed by atoms with Crippen LogP contribution in [0.4, 0.5) is 30.7 Å². The van der Waals surface area contributed by atoms with Crippen molar-refractivity contribution in [2.75, 3.05) is 6.61 Å². The van der Waals surface area contributed by atoms with Gasteiger partial charge in [0.1, 0.15) is 0 Å². The fourth-order valence-corrected chi connectivity index (χ4v) is 5.47. The molecule has 1 fully saturated rings. The highest BCUT2D eigenvalue weighted by atomic mass is 19.4. The van der Waals surface area contributed by atoms with Crippen LogP contribution in [0.5, 0.6) is 0 Å². The topological polar surface area (TPSA) is 26.3 Å². The molecule has 0 aliphatic heterocycles. The SMILES string of the molecule is CCCCCC1CCC(CCc2ccc(-c3ccc(CCCC(=O)OCC(F)(F)C(F)(F)F)cc3)c(F)c2F)CC1. The number of halogens is 7. The average molecular weight is 589 g/mol. The van der Waals surface area contributed by atoms with Crippen LogP contribution >= 0.6 is 0 Å². The van der Waals surface area contributed by atoms with Gasteiger partial charge in [-0.05, 0) is 54.2 Å². The van der Waals surface area contributed by atoms with E-state index < -0.39 is 36.3 Å². The molecule has 0 spiro atoms. The van der Waals surface area contributed by atoms with Crippen LogP contribution in [0, 0.1) is 23.5 Å². The van der Waals surface area contributed by atoms with E-state index in [1.54, 1.807) is 36.4 Å². The third kappa shape index (κ3) is 9.74. The number of benzene rings is 2. The van der Waals surface area contributed by atoms with E-state index in [4.69, 9.17) is 0 Å². The molecule has 2 aromatic rings. The Labute approximate surface area is 237 Å². The van der Waals surface area contributed by atoms with Gasteiger partial charge in [-0.15, -0.1) is 0 Å². The van der Waals surface area contributed by atoms with Gasteiger partial charge in [0, 0.05) is 12.0 Å². The van der Waals surface area contributed by atoms with E-state index in [0.29, 0.717) is 29.9 Å². The normalized spacial score (nSPS) is 18.0. The summed E-state index contributed by atoms with van der Waals surface area (Å²) < 4.78 is 96.1. The molecule has 0 radical (unpaired) electrons. The lowest BCUT2D eigenvalue weighted by molar-refractivity contribution is -0.294. The van der Waals surface area contributed by atoms with Crippen LogP contribution in [-0.4, -0.2) is 24.7 Å². The number of alkyl halides is 5. The molecule has 0 amide bonds. The Hall–Kier alpha value is -2.58. The molecule has 0 heterocycles. The van der Waals surface area contributed by atoms with Gasteiger partial charge in [0.2, 0.25) is 0 Å². The van der Waals surface area contributed by atoms with Crippen molar-refractivity contribution < 1.29 is 40.3 Å². The van der Waals surface area contributed by atoms with Crippen molar-refractivity contribution in [1.82, 2.24) is 0 Å². The van der Waals surface area contributed by atoms with Crippen LogP contribution in [0.15, 0.2) is 36.4 Å². The van der Waals surface area contributed by atoms with Crippen molar-refractivity contribution >= 4 is 5.97 Å². The molecule has 0 bridgehead atoms. The van der Waals surface area contributed by atoms with Crippen molar-refractivity contribution in [2.24, 2.45) is 11.8 Å². The minimum atomic E-state index is -5.79. The van der Waals surface area contributed by atoms with Crippen LogP contribution in [0.25, 0.3) is 11.1 Å². The molecule has 41 heavy (non-hydrogen) atoms. The van der Waals surface area contributed by atoms with Crippen molar-refractivity contribution in [3.8, 4) is 11.1 Å². The van der Waals surface area contributed by atoms with E-state index in [1.807, 2.05) is 0 Å². The standard InChI is InChI=1S/C32H39F7O2/c1-2-3-4-6-22-9-11-24(12-10-22)15-18-26-19-20-27(30(34)29(26)33)25-16-13-23(14-17-25)7-5-8-28(40)41-21-31(35,36)32(37,38)39/h13-14,16-17,19-20,22,24H,2-12,15,18,21H2,1H3. The second-order valence-corrected chi connectivity index (χ2v) is 11.2. The number of unbranched alkanes of at least 4 members (excludes halogenated alkanes) is 2. The lowest BCUT2D eigenvalue weighted by Gasteiger charge is -2.28. The summed E-state index contributed by atoms with van der Waals surface area (Å²) in [7, 11) is 0. The first-order valence-corrected chi connectivity index (χ1v) is 14.6. The van der Waals surface area contributed by atoms with Gasteiger partial charge in [-0.25, -0.2) is 8.78 Å². The molecule has 9 heteroatoms. The maximum absolute atomic E-state index is 15.0. The van der Waals surface area contributed by atoms with Gasteiger partial charge in [0.25, 0.3) is 0 Å². The fourth-order valence-electron chi connectivity index (χ4n) is 5.47. The van der Waals surface area contributed by atoms with Gasteiger partial charge in [0.05, 0.1) is 0 Å². The third-order valence-corrected chi connectivity index (χ3v) is 8.11. The molecule has 1 aliphatic rings. The summed E-state index contributed by atoms with van der Waals surface area (Å²) in [5.41, 5.74) is 1.74. The van der Waals surface area contributed by atoms with Gasteiger partial charge in [-0.3, -0.25) is 4.79 Å². The van der Waals surface area contributed by atoms with Crippen molar-refractivity contribution in [3.63, 3.8) is 0 Å². The molecule has 0 saturated heterocycles. The molecule has 0 atom stereocenters. The lowest BCUT2D eigenvalue weighted by atomic mass is 9.77. The number of rotatable bonds is 14. The molecule has 0 aromatic heterocycles. The average Bonchev–Trinajstić information content (AvgIpc) is 2.93. The van der Waals surface area contributed by atoms with E-state index in [9.17, 15) is 35.5 Å². The fraction of sp³-hybridized carbons (Fsp3) is 0.594. The van der Waals surface area contributed by atoms with Gasteiger partial charge in [0.15, 0.2) is 18.2 Å². The molecule has 1 aliphatic carbocycles. The molecule has 3 rings (SSSR count). The first kappa shape index (κ1) is 32.9. The Bertz CT molecular complexity index is 1100. The Balaban J connectivity index is 1.45. The predicted molar refractivity (Wildman–Crippen MR) is 145 cm³/mol. The number of esters is 1. The molecule has 1 saturated carbocycles. The number of hydrogen-bond donors (Lipinski definition) is 0. The Morgan fingerprint density at radius 2 is 1.44 bits per heavy atom. The highest BCUT2D eigenvalue weighted by molar-refractivity contribution is 5.69. The zero-order valence-corrected chi connectivity index (χ0v) is 23.5. The molecule has 228 valence electrons. The summed E-state index contributed by atoms with van der Waals surface area (Å²) in [6.07, 6.45) is 5.59. The first-order valence-electron chi connectivity index (χ1n) is 14.6. The number of hydrogen-bond acceptors (Lipinski definition) is 2. The molecule has 2 aromatic carbocycles. The van der Waals surface area contributed by atoms with Gasteiger partial charge in [-0.1, -0.05) is 94.7 Å². The summed E-state index contributed by atoms with van der Waals surface area (Å²) in [4.78, 5) is 11.5. The van der Waals surface area contributed by atoms with Crippen molar-refractivity contribution in [1.29, 1.82) is 0 Å². The zero-order valence-electron chi connectivity index (χ0n) is 23.5. The van der Waals surface area contributed by atoms with Crippen LogP contribution in [-0.2, 0) is 22.4 Å². The number of carbonyl (C=O) groups excluding carboxylic acids is 1. The Kier molecular flexibility index (Phi) is 12.1. The molecular weight excluding hydrogens is 549 g/mol. The van der Waals surface area contributed by atoms with E-state index in [-0.39, 0.29) is 18.4 Å². The van der Waals surface area contributed by atoms with E-state index in [2.05, 4.69) is 11.7 Å². The first-order chi connectivity index (χ1) is 19.4. The van der Waals surface area contributed by atoms with E-state index in [1.165, 1.54) is 38.5 Å². The monoisotopic (exact) mass is 588 g/mol. The lowest BCUT2D eigenvalue weighted by Crippen LogP contribution is -2.41. The summed E-state index contributed by atoms with van der Waals surface area (Å²) in [6.45, 7) is 0.162. The van der Waals surface area contributed by atoms with E-state index >= 15 is 0 Å². The Morgan fingerprint density at radius 1 is 0.805 bits per heavy atom. The van der Waals surface area contributed by atoms with Crippen LogP contribution < -0.4 is 0 Å². The van der Waals surface area contributed by atoms with Crippen LogP contribution in [0.1, 0.15) is 88.7 Å². The zero-order chi connectivity index (χ0) is 30.0. The summed E-state index contributed by atoms with van der Waals surface area (Å²) in [5, 5.41) is 0. The number of ether oxygens (including phenoxy) is 1. The largest absolute Gasteiger partial charge is 0.459 e. The highest BCUT2D eigenvalue weighted by Gasteiger charge is 2.58. The third-order valence-electron chi connectivity index (χ3n) is 8.11. The molecular formula is C32H39F7O2. The maximum atomic E-state index is 15.0. The quantitative estimate of drug-likeness (QED) is 0.125. The van der Waals surface area contributed by atoms with Crippen molar-refractivity contribution in [2.45, 2.75) is 102 Å². The van der Waals surface area contributed by atoms with E-state index in [0.717, 1.165) is 30.7 Å². The van der Waals surface area contributed by atoms with Crippen LogP contribution in [0.3, 0.4) is 0 Å². The van der Waals surface area contributed by atoms with Crippen LogP contribution in [0.2, 0.25) is 0 Å². The van der Waals surface area contributed by atoms with Crippen molar-refractivity contribution in [3.05, 3.63) is 59.2 Å². The van der Waals surface area contributed by atoms with Gasteiger partial charge < -0.3 is 4.74 Å². The molecule has 2 nitrogen and oxygen atoms in total. The summed E-state index contributed by atoms with van der Waals surface area (Å²) >= 11 is 0. The highest BCUT2D eigenvalue weighted by Crippen LogP contribution is 2.36. The molecule has 0 unspecified atom stereocenters. The Morgan fingerprint density at radius 3 is 2.05 bits per heavy atom. The number of aryl methyl sites for hydroxylation is 2.